The van der Waals surface area contributed by atoms with Crippen LogP contribution < -0.4 is 43.0 Å². The summed E-state index contributed by atoms with van der Waals surface area (Å²) in [5.74, 6) is -4.82. The second-order valence-corrected chi connectivity index (χ2v) is 17.7. The first-order chi connectivity index (χ1) is 31.8. The quantitative estimate of drug-likeness (QED) is 0.0678. The van der Waals surface area contributed by atoms with E-state index in [2.05, 4.69) is 42.2 Å². The SMILES string of the molecule is CC(=O)N[C@@H](Cc1ccccc1F)C(=O)N[C@H]1CCCNC(=O)C(CCCNC(=N)N)NC(=O)C(Cc2c[nH]c3ccccc23)NC(=O)[C@@H](CC2CCCCC2)NC(=O)C2CCCN2C1=O. The molecule has 1 aliphatic carbocycles. The molecule has 18 nitrogen and oxygen atoms in total. The van der Waals surface area contributed by atoms with Gasteiger partial charge in [-0.15, -0.1) is 0 Å². The molecular weight excluding hydrogens is 850 g/mol. The highest BCUT2D eigenvalue weighted by Gasteiger charge is 2.40. The third-order valence-electron chi connectivity index (χ3n) is 12.8. The lowest BCUT2D eigenvalue weighted by atomic mass is 9.84. The van der Waals surface area contributed by atoms with Gasteiger partial charge >= 0.3 is 0 Å². The number of H-pyrrole nitrogens is 1. The van der Waals surface area contributed by atoms with Gasteiger partial charge in [-0.1, -0.05) is 68.5 Å². The zero-order valence-corrected chi connectivity index (χ0v) is 37.5. The van der Waals surface area contributed by atoms with Crippen molar-refractivity contribution in [2.75, 3.05) is 19.6 Å². The smallest absolute Gasteiger partial charge is 0.245 e. The first-order valence-corrected chi connectivity index (χ1v) is 23.2. The summed E-state index contributed by atoms with van der Waals surface area (Å²) in [5.41, 5.74) is 7.26. The Morgan fingerprint density at radius 2 is 1.55 bits per heavy atom. The highest BCUT2D eigenvalue weighted by atomic mass is 19.1. The summed E-state index contributed by atoms with van der Waals surface area (Å²) >= 11 is 0. The molecule has 7 amide bonds. The molecule has 3 fully saturated rings. The zero-order valence-electron chi connectivity index (χ0n) is 37.5. The highest BCUT2D eigenvalue weighted by Crippen LogP contribution is 2.28. The number of hydrogen-bond donors (Lipinski definition) is 10. The third kappa shape index (κ3) is 13.5. The summed E-state index contributed by atoms with van der Waals surface area (Å²) in [4.78, 5) is 103. The topological polar surface area (TPSA) is 273 Å². The van der Waals surface area contributed by atoms with E-state index in [-0.39, 0.29) is 69.2 Å². The molecule has 66 heavy (non-hydrogen) atoms. The van der Waals surface area contributed by atoms with E-state index >= 15 is 0 Å². The molecule has 6 atom stereocenters. The number of halogens is 1. The predicted molar refractivity (Wildman–Crippen MR) is 245 cm³/mol. The van der Waals surface area contributed by atoms with Crippen molar-refractivity contribution in [3.8, 4) is 0 Å². The summed E-state index contributed by atoms with van der Waals surface area (Å²) in [5, 5.41) is 28.1. The van der Waals surface area contributed by atoms with E-state index in [1.165, 1.54) is 30.0 Å². The Hall–Kier alpha value is -6.53. The summed E-state index contributed by atoms with van der Waals surface area (Å²) in [6.07, 6.45) is 8.08. The van der Waals surface area contributed by atoms with Crippen LogP contribution >= 0.6 is 0 Å². The van der Waals surface area contributed by atoms with Crippen LogP contribution in [0.15, 0.2) is 54.7 Å². The molecule has 1 aromatic heterocycles. The van der Waals surface area contributed by atoms with Crippen LogP contribution in [0.1, 0.15) is 95.1 Å². The van der Waals surface area contributed by atoms with Crippen LogP contribution in [0.25, 0.3) is 10.9 Å². The lowest BCUT2D eigenvalue weighted by Gasteiger charge is -2.32. The molecule has 0 radical (unpaired) electrons. The van der Waals surface area contributed by atoms with Crippen LogP contribution in [-0.2, 0) is 46.4 Å². The van der Waals surface area contributed by atoms with Crippen molar-refractivity contribution < 1.29 is 38.0 Å². The van der Waals surface area contributed by atoms with Crippen molar-refractivity contribution in [3.63, 3.8) is 0 Å². The first kappa shape index (κ1) is 48.9. The fraction of sp³-hybridized carbons (Fsp3) is 0.532. The molecule has 3 aromatic rings. The van der Waals surface area contributed by atoms with Crippen molar-refractivity contribution in [2.45, 2.75) is 133 Å². The van der Waals surface area contributed by atoms with Crippen LogP contribution in [0.4, 0.5) is 4.39 Å². The molecule has 2 aromatic carbocycles. The number of carbonyl (C=O) groups is 7. The molecule has 6 rings (SSSR count). The molecule has 0 spiro atoms. The molecule has 3 unspecified atom stereocenters. The number of nitrogens with two attached hydrogens (primary N) is 1. The van der Waals surface area contributed by atoms with Crippen LogP contribution in [0.3, 0.4) is 0 Å². The lowest BCUT2D eigenvalue weighted by Crippen LogP contribution is -2.60. The number of fused-ring (bicyclic) bond motifs is 2. The average molecular weight is 914 g/mol. The van der Waals surface area contributed by atoms with Crippen molar-refractivity contribution in [2.24, 2.45) is 11.7 Å². The van der Waals surface area contributed by atoms with Gasteiger partial charge in [0.15, 0.2) is 5.96 Å². The maximum absolute atomic E-state index is 14.8. The molecule has 356 valence electrons. The van der Waals surface area contributed by atoms with Gasteiger partial charge in [0.05, 0.1) is 0 Å². The lowest BCUT2D eigenvalue weighted by molar-refractivity contribution is -0.142. The maximum Gasteiger partial charge on any atom is 0.245 e. The Labute approximate surface area is 383 Å². The number of rotatable bonds is 13. The van der Waals surface area contributed by atoms with E-state index in [1.807, 2.05) is 24.3 Å². The van der Waals surface area contributed by atoms with Crippen molar-refractivity contribution in [1.29, 1.82) is 5.41 Å². The molecule has 2 saturated heterocycles. The number of amides is 7. The first-order valence-electron chi connectivity index (χ1n) is 23.2. The summed E-state index contributed by atoms with van der Waals surface area (Å²) < 4.78 is 14.8. The fourth-order valence-electron chi connectivity index (χ4n) is 9.34. The van der Waals surface area contributed by atoms with E-state index in [0.29, 0.717) is 25.7 Å². The normalized spacial score (nSPS) is 23.3. The maximum atomic E-state index is 14.8. The van der Waals surface area contributed by atoms with Crippen molar-refractivity contribution >= 4 is 58.2 Å². The van der Waals surface area contributed by atoms with Gasteiger partial charge in [0.25, 0.3) is 0 Å². The minimum Gasteiger partial charge on any atom is -0.370 e. The van der Waals surface area contributed by atoms with E-state index in [4.69, 9.17) is 11.1 Å². The summed E-state index contributed by atoms with van der Waals surface area (Å²) in [6, 6.07) is 6.62. The minimum absolute atomic E-state index is 0.00114. The van der Waals surface area contributed by atoms with Gasteiger partial charge in [-0.2, -0.15) is 0 Å². The van der Waals surface area contributed by atoms with Crippen LogP contribution in [0.2, 0.25) is 0 Å². The Kier molecular flexibility index (Phi) is 17.5. The Balaban J connectivity index is 1.31. The fourth-order valence-corrected chi connectivity index (χ4v) is 9.34. The number of para-hydroxylation sites is 1. The molecule has 0 bridgehead atoms. The summed E-state index contributed by atoms with van der Waals surface area (Å²) in [6.45, 7) is 1.67. The molecule has 3 heterocycles. The van der Waals surface area contributed by atoms with Crippen molar-refractivity contribution in [1.82, 2.24) is 47.1 Å². The third-order valence-corrected chi connectivity index (χ3v) is 12.8. The Morgan fingerprint density at radius 3 is 2.30 bits per heavy atom. The predicted octanol–water partition coefficient (Wildman–Crippen LogP) is 1.67. The van der Waals surface area contributed by atoms with E-state index in [0.717, 1.165) is 48.6 Å². The van der Waals surface area contributed by atoms with Crippen LogP contribution in [0.5, 0.6) is 0 Å². The minimum atomic E-state index is -1.25. The molecular formula is C47H64FN11O7. The van der Waals surface area contributed by atoms with Gasteiger partial charge in [-0.05, 0) is 74.1 Å². The van der Waals surface area contributed by atoms with Gasteiger partial charge in [0, 0.05) is 56.5 Å². The second kappa shape index (κ2) is 23.6. The van der Waals surface area contributed by atoms with E-state index in [9.17, 15) is 38.0 Å². The van der Waals surface area contributed by atoms with Crippen molar-refractivity contribution in [3.05, 3.63) is 71.7 Å². The number of aromatic amines is 1. The number of carbonyl (C=O) groups excluding carboxylic acids is 7. The molecule has 3 aliphatic rings. The van der Waals surface area contributed by atoms with Crippen LogP contribution in [0, 0.1) is 17.1 Å². The largest absolute Gasteiger partial charge is 0.370 e. The van der Waals surface area contributed by atoms with Gasteiger partial charge in [-0.3, -0.25) is 39.0 Å². The van der Waals surface area contributed by atoms with Gasteiger partial charge < -0.3 is 52.8 Å². The Morgan fingerprint density at radius 1 is 0.833 bits per heavy atom. The number of guanidine groups is 1. The highest BCUT2D eigenvalue weighted by molar-refractivity contribution is 5.98. The number of hydrogen-bond acceptors (Lipinski definition) is 8. The van der Waals surface area contributed by atoms with Gasteiger partial charge in [0.1, 0.15) is 42.1 Å². The summed E-state index contributed by atoms with van der Waals surface area (Å²) in [7, 11) is 0. The van der Waals surface area contributed by atoms with Crippen LogP contribution in [-0.4, -0.2) is 113 Å². The van der Waals surface area contributed by atoms with Gasteiger partial charge in [0.2, 0.25) is 41.4 Å². The molecule has 11 N–H and O–H groups in total. The molecule has 2 aliphatic heterocycles. The molecule has 1 saturated carbocycles. The monoisotopic (exact) mass is 913 g/mol. The zero-order chi connectivity index (χ0) is 47.2. The van der Waals surface area contributed by atoms with E-state index < -0.39 is 83.4 Å². The molecule has 19 heteroatoms. The number of benzene rings is 2. The number of nitrogens with zero attached hydrogens (tertiary/aromatic N) is 1. The number of aromatic nitrogens is 1. The van der Waals surface area contributed by atoms with Gasteiger partial charge in [-0.25, -0.2) is 4.39 Å². The van der Waals surface area contributed by atoms with E-state index in [1.54, 1.807) is 12.3 Å². The average Bonchev–Trinajstić information content (AvgIpc) is 3.96. The Bertz CT molecular complexity index is 2230. The number of nitrogens with one attached hydrogen (secondary N) is 9. The second-order valence-electron chi connectivity index (χ2n) is 17.7. The standard InChI is InChI=1S/C47H64FN11O7/c1-28(60)54-38(25-30-14-5-7-16-33(30)48)43(63)56-36-19-10-21-51-41(61)35(18-9-22-52-47(49)50)55-44(64)39(26-31-27-53-34-17-8-6-15-32(31)34)57-42(62)37(24-29-12-3-2-4-13-29)58-45(65)40-20-11-23-59(40)46(36)66/h5-8,14-17,27,29,35-40,53H,2-4,9-13,18-26H2,1H3,(H,51,61)(H,54,60)(H,55,64)(H,56,63)(H,57,62)(H,58,65)(H4,49,50,52)/t35?,36-,37+,38-,39?,40?/m0/s1.